The van der Waals surface area contributed by atoms with Crippen molar-refractivity contribution in [2.24, 2.45) is 5.92 Å². The summed E-state index contributed by atoms with van der Waals surface area (Å²) in [5.41, 5.74) is 1.91. The zero-order valence-corrected chi connectivity index (χ0v) is 18.5. The molecule has 0 spiro atoms. The average molecular weight is 433 g/mol. The second-order valence-corrected chi connectivity index (χ2v) is 8.67. The standard InChI is InChI=1S/C23H28N8O/c1-15-27-19-14-26-22(12-20(19)31(15)17-4-3-16(11-17)13-24)28-21-5-8-25-23(29-21)30-9-6-18(32-2)7-10-30/h5,8,12,14,16-18H,3-4,6-7,9-11H2,1-2H3,(H,25,26,28,29)/t16-,17-/m0/s1. The Labute approximate surface area is 187 Å². The van der Waals surface area contributed by atoms with Crippen LogP contribution < -0.4 is 10.2 Å². The molecule has 1 aliphatic carbocycles. The van der Waals surface area contributed by atoms with Crippen LogP contribution in [0.5, 0.6) is 0 Å². The molecule has 9 nitrogen and oxygen atoms in total. The number of hydrogen-bond donors (Lipinski definition) is 1. The van der Waals surface area contributed by atoms with Crippen LogP contribution in [0.4, 0.5) is 17.6 Å². The van der Waals surface area contributed by atoms with E-state index < -0.39 is 0 Å². The lowest BCUT2D eigenvalue weighted by Crippen LogP contribution is -2.37. The molecule has 3 aromatic rings. The molecule has 32 heavy (non-hydrogen) atoms. The number of nitriles is 1. The molecule has 1 saturated carbocycles. The van der Waals surface area contributed by atoms with E-state index in [-0.39, 0.29) is 5.92 Å². The average Bonchev–Trinajstić information content (AvgIpc) is 3.42. The van der Waals surface area contributed by atoms with Crippen LogP contribution >= 0.6 is 0 Å². The Morgan fingerprint density at radius 3 is 2.72 bits per heavy atom. The van der Waals surface area contributed by atoms with E-state index >= 15 is 0 Å². The molecular weight excluding hydrogens is 404 g/mol. The van der Waals surface area contributed by atoms with Gasteiger partial charge in [-0.1, -0.05) is 0 Å². The topological polar surface area (TPSA) is 105 Å². The third kappa shape index (κ3) is 3.98. The molecule has 1 aliphatic heterocycles. The van der Waals surface area contributed by atoms with Crippen molar-refractivity contribution in [3.63, 3.8) is 0 Å². The Morgan fingerprint density at radius 2 is 1.97 bits per heavy atom. The Hall–Kier alpha value is -3.25. The maximum atomic E-state index is 9.30. The van der Waals surface area contributed by atoms with Crippen LogP contribution in [-0.2, 0) is 4.74 Å². The van der Waals surface area contributed by atoms with Crippen molar-refractivity contribution < 1.29 is 4.74 Å². The maximum Gasteiger partial charge on any atom is 0.227 e. The number of aromatic nitrogens is 5. The summed E-state index contributed by atoms with van der Waals surface area (Å²) in [7, 11) is 1.77. The second-order valence-electron chi connectivity index (χ2n) is 8.67. The summed E-state index contributed by atoms with van der Waals surface area (Å²) in [5, 5.41) is 12.6. The minimum atomic E-state index is 0.129. The number of nitrogens with zero attached hydrogens (tertiary/aromatic N) is 7. The molecule has 166 valence electrons. The fraction of sp³-hybridized carbons (Fsp3) is 0.522. The van der Waals surface area contributed by atoms with Gasteiger partial charge in [-0.2, -0.15) is 10.2 Å². The van der Waals surface area contributed by atoms with Crippen LogP contribution in [0, 0.1) is 24.2 Å². The van der Waals surface area contributed by atoms with Gasteiger partial charge in [0, 0.05) is 44.4 Å². The van der Waals surface area contributed by atoms with E-state index in [4.69, 9.17) is 14.7 Å². The lowest BCUT2D eigenvalue weighted by Gasteiger charge is -2.31. The lowest BCUT2D eigenvalue weighted by atomic mass is 10.1. The quantitative estimate of drug-likeness (QED) is 0.650. The molecule has 2 fully saturated rings. The van der Waals surface area contributed by atoms with Crippen molar-refractivity contribution in [2.45, 2.75) is 51.2 Å². The number of nitrogens with one attached hydrogen (secondary N) is 1. The first kappa shape index (κ1) is 20.6. The molecule has 0 radical (unpaired) electrons. The summed E-state index contributed by atoms with van der Waals surface area (Å²) in [6, 6.07) is 6.61. The Balaban J connectivity index is 1.37. The number of ether oxygens (including phenoxy) is 1. The highest BCUT2D eigenvalue weighted by molar-refractivity contribution is 5.79. The van der Waals surface area contributed by atoms with Gasteiger partial charge in [0.1, 0.15) is 23.0 Å². The largest absolute Gasteiger partial charge is 0.381 e. The molecule has 2 atom stereocenters. The molecule has 4 heterocycles. The molecule has 5 rings (SSSR count). The first-order chi connectivity index (χ1) is 15.6. The zero-order valence-electron chi connectivity index (χ0n) is 18.5. The predicted molar refractivity (Wildman–Crippen MR) is 122 cm³/mol. The van der Waals surface area contributed by atoms with E-state index in [0.717, 1.165) is 73.8 Å². The van der Waals surface area contributed by atoms with Gasteiger partial charge in [-0.05, 0) is 45.1 Å². The number of pyridine rings is 1. The summed E-state index contributed by atoms with van der Waals surface area (Å²) in [6.45, 7) is 3.79. The molecule has 0 amide bonds. The minimum absolute atomic E-state index is 0.129. The molecule has 3 aromatic heterocycles. The van der Waals surface area contributed by atoms with Gasteiger partial charge < -0.3 is 19.5 Å². The van der Waals surface area contributed by atoms with Gasteiger partial charge in [0.2, 0.25) is 5.95 Å². The van der Waals surface area contributed by atoms with Crippen molar-refractivity contribution >= 4 is 28.6 Å². The number of rotatable bonds is 5. The van der Waals surface area contributed by atoms with E-state index in [1.54, 1.807) is 19.5 Å². The number of piperidine rings is 1. The van der Waals surface area contributed by atoms with Gasteiger partial charge >= 0.3 is 0 Å². The molecule has 9 heteroatoms. The normalized spacial score (nSPS) is 21.7. The highest BCUT2D eigenvalue weighted by Gasteiger charge is 2.28. The summed E-state index contributed by atoms with van der Waals surface area (Å²) in [4.78, 5) is 20.6. The van der Waals surface area contributed by atoms with Crippen LogP contribution in [0.15, 0.2) is 24.5 Å². The predicted octanol–water partition coefficient (Wildman–Crippen LogP) is 3.75. The van der Waals surface area contributed by atoms with E-state index in [1.165, 1.54) is 0 Å². The molecule has 1 N–H and O–H groups in total. The fourth-order valence-electron chi connectivity index (χ4n) is 4.95. The van der Waals surface area contributed by atoms with E-state index in [0.29, 0.717) is 18.0 Å². The Bertz CT molecular complexity index is 1140. The van der Waals surface area contributed by atoms with Gasteiger partial charge in [-0.25, -0.2) is 15.0 Å². The van der Waals surface area contributed by atoms with E-state index in [2.05, 4.69) is 30.8 Å². The summed E-state index contributed by atoms with van der Waals surface area (Å²) >= 11 is 0. The van der Waals surface area contributed by atoms with Crippen LogP contribution in [0.1, 0.15) is 44.0 Å². The van der Waals surface area contributed by atoms with E-state index in [1.807, 2.05) is 19.1 Å². The molecule has 0 aromatic carbocycles. The first-order valence-corrected chi connectivity index (χ1v) is 11.3. The van der Waals surface area contributed by atoms with Gasteiger partial charge in [0.15, 0.2) is 0 Å². The third-order valence-electron chi connectivity index (χ3n) is 6.66. The van der Waals surface area contributed by atoms with Crippen LogP contribution in [0.3, 0.4) is 0 Å². The number of imidazole rings is 1. The van der Waals surface area contributed by atoms with Crippen molar-refractivity contribution in [3.8, 4) is 6.07 Å². The van der Waals surface area contributed by atoms with Crippen LogP contribution in [-0.4, -0.2) is 50.8 Å². The summed E-state index contributed by atoms with van der Waals surface area (Å²) in [5.74, 6) is 3.25. The highest BCUT2D eigenvalue weighted by Crippen LogP contribution is 2.37. The zero-order chi connectivity index (χ0) is 22.1. The van der Waals surface area contributed by atoms with Crippen molar-refractivity contribution in [3.05, 3.63) is 30.4 Å². The molecule has 0 bridgehead atoms. The van der Waals surface area contributed by atoms with Crippen LogP contribution in [0.2, 0.25) is 0 Å². The summed E-state index contributed by atoms with van der Waals surface area (Å²) < 4.78 is 7.73. The van der Waals surface area contributed by atoms with Gasteiger partial charge in [-0.3, -0.25) is 0 Å². The monoisotopic (exact) mass is 432 g/mol. The molecule has 0 unspecified atom stereocenters. The number of anilines is 3. The SMILES string of the molecule is COC1CCN(c2nccc(Nc3cc4c(cn3)nc(C)n4[C@H]3CC[C@H](C#N)C3)n2)CC1. The Kier molecular flexibility index (Phi) is 5.62. The van der Waals surface area contributed by atoms with Crippen molar-refractivity contribution in [2.75, 3.05) is 30.4 Å². The highest BCUT2D eigenvalue weighted by atomic mass is 16.5. The summed E-state index contributed by atoms with van der Waals surface area (Å²) in [6.07, 6.45) is 8.69. The third-order valence-corrected chi connectivity index (χ3v) is 6.66. The van der Waals surface area contributed by atoms with Gasteiger partial charge in [-0.15, -0.1) is 0 Å². The fourth-order valence-corrected chi connectivity index (χ4v) is 4.95. The second kappa shape index (κ2) is 8.71. The van der Waals surface area contributed by atoms with E-state index in [9.17, 15) is 5.26 Å². The lowest BCUT2D eigenvalue weighted by molar-refractivity contribution is 0.0816. The van der Waals surface area contributed by atoms with Gasteiger partial charge in [0.05, 0.1) is 23.9 Å². The molecule has 1 saturated heterocycles. The number of methoxy groups -OCH3 is 1. The molecular formula is C23H28N8O. The Morgan fingerprint density at radius 1 is 1.12 bits per heavy atom. The number of hydrogen-bond acceptors (Lipinski definition) is 8. The van der Waals surface area contributed by atoms with Crippen LogP contribution in [0.25, 0.3) is 11.0 Å². The molecule has 2 aliphatic rings. The maximum absolute atomic E-state index is 9.30. The minimum Gasteiger partial charge on any atom is -0.381 e. The van der Waals surface area contributed by atoms with Crippen molar-refractivity contribution in [1.29, 1.82) is 5.26 Å². The number of fused-ring (bicyclic) bond motifs is 1. The van der Waals surface area contributed by atoms with Crippen molar-refractivity contribution in [1.82, 2.24) is 24.5 Å². The number of aryl methyl sites for hydroxylation is 1. The van der Waals surface area contributed by atoms with Gasteiger partial charge in [0.25, 0.3) is 0 Å². The smallest absolute Gasteiger partial charge is 0.227 e. The first-order valence-electron chi connectivity index (χ1n) is 11.3.